The van der Waals surface area contributed by atoms with E-state index in [-0.39, 0.29) is 17.4 Å². The number of nitrogens with zero attached hydrogens (tertiary/aromatic N) is 4. The van der Waals surface area contributed by atoms with Gasteiger partial charge in [0.2, 0.25) is 0 Å². The van der Waals surface area contributed by atoms with Crippen LogP contribution in [0.5, 0.6) is 5.75 Å². The van der Waals surface area contributed by atoms with Gasteiger partial charge in [-0.3, -0.25) is 0 Å². The van der Waals surface area contributed by atoms with E-state index in [0.29, 0.717) is 22.9 Å². The average molecular weight is 347 g/mol. The number of hydrogen-bond acceptors (Lipinski definition) is 5. The van der Waals surface area contributed by atoms with Gasteiger partial charge in [0.25, 0.3) is 5.78 Å². The van der Waals surface area contributed by atoms with Crippen LogP contribution in [0.3, 0.4) is 0 Å². The van der Waals surface area contributed by atoms with Crippen LogP contribution in [0.2, 0.25) is 0 Å². The van der Waals surface area contributed by atoms with Gasteiger partial charge >= 0.3 is 0 Å². The van der Waals surface area contributed by atoms with E-state index in [2.05, 4.69) is 20.4 Å². The molecule has 3 rings (SSSR count). The number of nitrogens with one attached hydrogen (secondary N) is 1. The quantitative estimate of drug-likeness (QED) is 0.764. The molecule has 1 atom stereocenters. The number of halogens is 2. The SMILES string of the molecule is CCC(C)Nc1c(-c2cc(F)c(OC)cc2F)c(C)nc2ncnn12. The number of ether oxygens (including phenoxy) is 1. The number of hydrogen-bond donors (Lipinski definition) is 1. The lowest BCUT2D eigenvalue weighted by Crippen LogP contribution is -2.18. The Labute approximate surface area is 143 Å². The molecule has 0 saturated carbocycles. The van der Waals surface area contributed by atoms with Crippen LogP contribution < -0.4 is 10.1 Å². The minimum Gasteiger partial charge on any atom is -0.494 e. The lowest BCUT2D eigenvalue weighted by atomic mass is 10.0. The Balaban J connectivity index is 2.30. The van der Waals surface area contributed by atoms with E-state index in [4.69, 9.17) is 4.74 Å². The van der Waals surface area contributed by atoms with Gasteiger partial charge in [-0.1, -0.05) is 6.92 Å². The molecule has 0 aliphatic carbocycles. The van der Waals surface area contributed by atoms with E-state index < -0.39 is 11.6 Å². The van der Waals surface area contributed by atoms with Gasteiger partial charge in [-0.2, -0.15) is 14.6 Å². The predicted molar refractivity (Wildman–Crippen MR) is 90.8 cm³/mol. The van der Waals surface area contributed by atoms with Crippen LogP contribution in [-0.4, -0.2) is 32.7 Å². The first-order valence-electron chi connectivity index (χ1n) is 7.96. The van der Waals surface area contributed by atoms with Gasteiger partial charge in [-0.05, 0) is 26.3 Å². The van der Waals surface area contributed by atoms with E-state index in [1.807, 2.05) is 13.8 Å². The molecule has 8 heteroatoms. The third-order valence-electron chi connectivity index (χ3n) is 4.11. The van der Waals surface area contributed by atoms with Gasteiger partial charge in [-0.15, -0.1) is 0 Å². The maximum absolute atomic E-state index is 14.7. The molecule has 132 valence electrons. The number of fused-ring (bicyclic) bond motifs is 1. The zero-order chi connectivity index (χ0) is 18.1. The highest BCUT2D eigenvalue weighted by Gasteiger charge is 2.22. The zero-order valence-electron chi connectivity index (χ0n) is 14.5. The Hall–Kier alpha value is -2.77. The van der Waals surface area contributed by atoms with Crippen LogP contribution in [-0.2, 0) is 0 Å². The molecule has 0 fully saturated rings. The standard InChI is InChI=1S/C17H19F2N5O/c1-5-9(2)22-16-15(10(3)23-17-20-8-21-24(16)17)11-6-13(19)14(25-4)7-12(11)18/h6-9,22H,5H2,1-4H3. The number of anilines is 1. The third kappa shape index (κ3) is 2.99. The molecule has 1 unspecified atom stereocenters. The monoisotopic (exact) mass is 347 g/mol. The van der Waals surface area contributed by atoms with Crippen molar-refractivity contribution in [2.45, 2.75) is 33.2 Å². The summed E-state index contributed by atoms with van der Waals surface area (Å²) in [6.07, 6.45) is 2.22. The van der Waals surface area contributed by atoms with Gasteiger partial charge in [0.05, 0.1) is 12.8 Å². The Kier molecular flexibility index (Phi) is 4.52. The second-order valence-electron chi connectivity index (χ2n) is 5.81. The molecule has 1 N–H and O–H groups in total. The van der Waals surface area contributed by atoms with Crippen LogP contribution in [0.1, 0.15) is 26.0 Å². The number of aromatic nitrogens is 4. The first-order chi connectivity index (χ1) is 12.0. The normalized spacial score (nSPS) is 12.4. The lowest BCUT2D eigenvalue weighted by Gasteiger charge is -2.19. The van der Waals surface area contributed by atoms with Crippen molar-refractivity contribution in [3.05, 3.63) is 35.8 Å². The summed E-state index contributed by atoms with van der Waals surface area (Å²) in [5, 5.41) is 7.46. The molecule has 0 aliphatic heterocycles. The summed E-state index contributed by atoms with van der Waals surface area (Å²) in [7, 11) is 1.29. The molecule has 25 heavy (non-hydrogen) atoms. The molecule has 0 spiro atoms. The topological polar surface area (TPSA) is 64.3 Å². The zero-order valence-corrected chi connectivity index (χ0v) is 14.5. The molecule has 1 aromatic carbocycles. The Bertz CT molecular complexity index is 925. The third-order valence-corrected chi connectivity index (χ3v) is 4.11. The summed E-state index contributed by atoms with van der Waals surface area (Å²) in [4.78, 5) is 8.44. The van der Waals surface area contributed by atoms with Crippen molar-refractivity contribution in [1.82, 2.24) is 19.6 Å². The summed E-state index contributed by atoms with van der Waals surface area (Å²) in [6.45, 7) is 5.75. The van der Waals surface area contributed by atoms with Crippen molar-refractivity contribution in [3.63, 3.8) is 0 Å². The molecule has 0 bridgehead atoms. The molecule has 0 amide bonds. The average Bonchev–Trinajstić information content (AvgIpc) is 3.05. The number of benzene rings is 1. The smallest absolute Gasteiger partial charge is 0.254 e. The predicted octanol–water partition coefficient (Wildman–Crippen LogP) is 3.60. The van der Waals surface area contributed by atoms with Gasteiger partial charge in [0.15, 0.2) is 11.6 Å². The van der Waals surface area contributed by atoms with Crippen molar-refractivity contribution >= 4 is 11.6 Å². The van der Waals surface area contributed by atoms with Crippen molar-refractivity contribution in [1.29, 1.82) is 0 Å². The van der Waals surface area contributed by atoms with Gasteiger partial charge in [0.1, 0.15) is 18.0 Å². The van der Waals surface area contributed by atoms with Crippen molar-refractivity contribution in [2.24, 2.45) is 0 Å². The summed E-state index contributed by atoms with van der Waals surface area (Å²) >= 11 is 0. The second kappa shape index (κ2) is 6.62. The maximum atomic E-state index is 14.7. The minimum absolute atomic E-state index is 0.0894. The Morgan fingerprint density at radius 3 is 2.72 bits per heavy atom. The summed E-state index contributed by atoms with van der Waals surface area (Å²) in [6, 6.07) is 2.24. The van der Waals surface area contributed by atoms with Crippen LogP contribution in [0.25, 0.3) is 16.9 Å². The fraction of sp³-hybridized carbons (Fsp3) is 0.353. The number of methoxy groups -OCH3 is 1. The van der Waals surface area contributed by atoms with Gasteiger partial charge in [0, 0.05) is 23.2 Å². The minimum atomic E-state index is -0.647. The maximum Gasteiger partial charge on any atom is 0.254 e. The second-order valence-corrected chi connectivity index (χ2v) is 5.81. The molecule has 0 radical (unpaired) electrons. The van der Waals surface area contributed by atoms with Gasteiger partial charge in [-0.25, -0.2) is 13.8 Å². The molecule has 2 aromatic heterocycles. The molecule has 2 heterocycles. The summed E-state index contributed by atoms with van der Waals surface area (Å²) < 4.78 is 35.2. The molecular formula is C17H19F2N5O. The molecular weight excluding hydrogens is 328 g/mol. The summed E-state index contributed by atoms with van der Waals surface area (Å²) in [5.74, 6) is -0.481. The summed E-state index contributed by atoms with van der Waals surface area (Å²) in [5.41, 5.74) is 1.05. The van der Waals surface area contributed by atoms with Crippen LogP contribution in [0.15, 0.2) is 18.5 Å². The first kappa shape index (κ1) is 17.1. The van der Waals surface area contributed by atoms with E-state index >= 15 is 0 Å². The van der Waals surface area contributed by atoms with Gasteiger partial charge < -0.3 is 10.1 Å². The van der Waals surface area contributed by atoms with E-state index in [1.54, 1.807) is 6.92 Å². The molecule has 3 aromatic rings. The fourth-order valence-electron chi connectivity index (χ4n) is 2.62. The highest BCUT2D eigenvalue weighted by Crippen LogP contribution is 2.35. The van der Waals surface area contributed by atoms with E-state index in [1.165, 1.54) is 18.0 Å². The van der Waals surface area contributed by atoms with Crippen molar-refractivity contribution in [2.75, 3.05) is 12.4 Å². The van der Waals surface area contributed by atoms with Crippen LogP contribution in [0.4, 0.5) is 14.6 Å². The largest absolute Gasteiger partial charge is 0.494 e. The Morgan fingerprint density at radius 2 is 2.04 bits per heavy atom. The van der Waals surface area contributed by atoms with E-state index in [0.717, 1.165) is 18.6 Å². The Morgan fingerprint density at radius 1 is 1.28 bits per heavy atom. The highest BCUT2D eigenvalue weighted by atomic mass is 19.1. The molecule has 0 aliphatic rings. The van der Waals surface area contributed by atoms with Crippen molar-refractivity contribution < 1.29 is 13.5 Å². The van der Waals surface area contributed by atoms with Crippen LogP contribution in [0, 0.1) is 18.6 Å². The number of rotatable bonds is 5. The first-order valence-corrected chi connectivity index (χ1v) is 7.96. The van der Waals surface area contributed by atoms with Crippen molar-refractivity contribution in [3.8, 4) is 16.9 Å². The van der Waals surface area contributed by atoms with E-state index in [9.17, 15) is 8.78 Å². The molecule has 6 nitrogen and oxygen atoms in total. The van der Waals surface area contributed by atoms with Crippen LogP contribution >= 0.6 is 0 Å². The number of aryl methyl sites for hydroxylation is 1. The highest BCUT2D eigenvalue weighted by molar-refractivity contribution is 5.79. The lowest BCUT2D eigenvalue weighted by molar-refractivity contribution is 0.383. The molecule has 0 saturated heterocycles. The fourth-order valence-corrected chi connectivity index (χ4v) is 2.62.